The van der Waals surface area contributed by atoms with Gasteiger partial charge in [0.05, 0.1) is 25.0 Å². The number of thioether (sulfide) groups is 1. The second-order valence-corrected chi connectivity index (χ2v) is 10.6. The van der Waals surface area contributed by atoms with Crippen LogP contribution in [0.2, 0.25) is 5.02 Å². The Morgan fingerprint density at radius 1 is 1.18 bits per heavy atom. The van der Waals surface area contributed by atoms with E-state index in [0.717, 1.165) is 5.56 Å². The van der Waals surface area contributed by atoms with E-state index in [1.807, 2.05) is 41.1 Å². The third-order valence-corrected chi connectivity index (χ3v) is 7.90. The van der Waals surface area contributed by atoms with Gasteiger partial charge in [-0.2, -0.15) is 0 Å². The Morgan fingerprint density at radius 2 is 1.93 bits per heavy atom. The number of anilines is 1. The maximum atomic E-state index is 13.0. The quantitative estimate of drug-likeness (QED) is 0.112. The molecule has 0 spiro atoms. The fourth-order valence-corrected chi connectivity index (χ4v) is 5.73. The number of aromatic nitrogens is 3. The van der Waals surface area contributed by atoms with Crippen LogP contribution in [-0.4, -0.2) is 46.6 Å². The number of para-hydroxylation sites is 1. The number of halogens is 1. The summed E-state index contributed by atoms with van der Waals surface area (Å²) in [6.07, 6.45) is 1.26. The molecule has 1 unspecified atom stereocenters. The lowest BCUT2D eigenvalue weighted by molar-refractivity contribution is -0.113. The van der Waals surface area contributed by atoms with Gasteiger partial charge in [-0.3, -0.25) is 9.36 Å². The molecule has 40 heavy (non-hydrogen) atoms. The van der Waals surface area contributed by atoms with Crippen LogP contribution in [0.3, 0.4) is 0 Å². The van der Waals surface area contributed by atoms with Gasteiger partial charge >= 0.3 is 5.97 Å². The molecule has 0 aliphatic heterocycles. The minimum absolute atomic E-state index is 0.0331. The van der Waals surface area contributed by atoms with Crippen molar-refractivity contribution in [3.8, 4) is 22.6 Å². The first kappa shape index (κ1) is 29.2. The highest BCUT2D eigenvalue weighted by Crippen LogP contribution is 2.37. The lowest BCUT2D eigenvalue weighted by Crippen LogP contribution is -2.17. The maximum absolute atomic E-state index is 13.0. The zero-order chi connectivity index (χ0) is 28.6. The average molecular weight is 599 g/mol. The van der Waals surface area contributed by atoms with E-state index in [2.05, 4.69) is 22.1 Å². The van der Waals surface area contributed by atoms with Crippen LogP contribution in [0.15, 0.2) is 71.7 Å². The maximum Gasteiger partial charge on any atom is 0.341 e. The molecule has 0 fully saturated rings. The SMILES string of the molecule is C=CCn1c(SCC(=O)Nc2scc(-c3ccc(OC)cc3)c2C(=O)OC)nnc1C(C)Oc1ccccc1Cl. The number of esters is 1. The number of allylic oxidation sites excluding steroid dienone is 1. The van der Waals surface area contributed by atoms with E-state index in [0.29, 0.717) is 50.2 Å². The Balaban J connectivity index is 1.48. The molecule has 0 saturated heterocycles. The summed E-state index contributed by atoms with van der Waals surface area (Å²) in [6.45, 7) is 6.09. The highest BCUT2D eigenvalue weighted by Gasteiger charge is 2.24. The average Bonchev–Trinajstić information content (AvgIpc) is 3.57. The number of nitrogens with zero attached hydrogens (tertiary/aromatic N) is 3. The summed E-state index contributed by atoms with van der Waals surface area (Å²) >= 11 is 8.70. The molecule has 0 aliphatic rings. The number of amides is 1. The molecule has 208 valence electrons. The minimum atomic E-state index is -0.544. The van der Waals surface area contributed by atoms with Crippen molar-refractivity contribution >= 4 is 51.6 Å². The summed E-state index contributed by atoms with van der Waals surface area (Å²) in [5.41, 5.74) is 1.74. The summed E-state index contributed by atoms with van der Waals surface area (Å²) in [6, 6.07) is 14.5. The molecular weight excluding hydrogens is 572 g/mol. The highest BCUT2D eigenvalue weighted by molar-refractivity contribution is 7.99. The molecule has 1 amide bonds. The van der Waals surface area contributed by atoms with Crippen molar-refractivity contribution in [2.75, 3.05) is 25.3 Å². The normalized spacial score (nSPS) is 11.5. The summed E-state index contributed by atoms with van der Waals surface area (Å²) in [5, 5.41) is 14.6. The molecule has 4 rings (SSSR count). The summed E-state index contributed by atoms with van der Waals surface area (Å²) in [7, 11) is 2.89. The van der Waals surface area contributed by atoms with Gasteiger partial charge in [0.2, 0.25) is 5.91 Å². The van der Waals surface area contributed by atoms with Crippen LogP contribution in [0.4, 0.5) is 5.00 Å². The molecule has 0 saturated carbocycles. The van der Waals surface area contributed by atoms with E-state index in [9.17, 15) is 9.59 Å². The van der Waals surface area contributed by atoms with Gasteiger partial charge in [0, 0.05) is 17.5 Å². The van der Waals surface area contributed by atoms with Gasteiger partial charge in [0.15, 0.2) is 17.1 Å². The topological polar surface area (TPSA) is 105 Å². The lowest BCUT2D eigenvalue weighted by atomic mass is 10.0. The number of methoxy groups -OCH3 is 2. The first-order valence-electron chi connectivity index (χ1n) is 12.1. The number of thiophene rings is 1. The number of benzene rings is 2. The third-order valence-electron chi connectivity index (χ3n) is 5.73. The Labute approximate surface area is 245 Å². The van der Waals surface area contributed by atoms with Crippen LogP contribution in [0.1, 0.15) is 29.2 Å². The van der Waals surface area contributed by atoms with Crippen LogP contribution in [-0.2, 0) is 16.1 Å². The predicted molar refractivity (Wildman–Crippen MR) is 158 cm³/mol. The Kier molecular flexibility index (Phi) is 9.86. The molecule has 0 bridgehead atoms. The molecule has 1 atom stereocenters. The van der Waals surface area contributed by atoms with E-state index in [1.165, 1.54) is 30.2 Å². The molecule has 9 nitrogen and oxygen atoms in total. The summed E-state index contributed by atoms with van der Waals surface area (Å²) < 4.78 is 18.1. The first-order valence-corrected chi connectivity index (χ1v) is 14.3. The standard InChI is InChI=1S/C28H27ClN4O5S2/c1-5-14-33-25(17(2)38-22-9-7-6-8-21(22)29)31-32-28(33)40-16-23(34)30-26-24(27(35)37-4)20(15-39-26)18-10-12-19(36-3)13-11-18/h5-13,15,17H,1,14,16H2,2-4H3,(H,30,34). The van der Waals surface area contributed by atoms with Crippen molar-refractivity contribution in [1.82, 2.24) is 14.8 Å². The smallest absolute Gasteiger partial charge is 0.341 e. The largest absolute Gasteiger partial charge is 0.497 e. The fourth-order valence-electron chi connectivity index (χ4n) is 3.82. The highest BCUT2D eigenvalue weighted by atomic mass is 35.5. The third kappa shape index (κ3) is 6.67. The van der Waals surface area contributed by atoms with Crippen LogP contribution >= 0.6 is 34.7 Å². The van der Waals surface area contributed by atoms with E-state index in [1.54, 1.807) is 37.5 Å². The van der Waals surface area contributed by atoms with Crippen molar-refractivity contribution in [2.45, 2.75) is 24.7 Å². The molecule has 2 aromatic carbocycles. The van der Waals surface area contributed by atoms with E-state index < -0.39 is 12.1 Å². The second-order valence-electron chi connectivity index (χ2n) is 8.34. The van der Waals surface area contributed by atoms with Gasteiger partial charge in [-0.1, -0.05) is 53.7 Å². The van der Waals surface area contributed by atoms with Gasteiger partial charge in [-0.15, -0.1) is 28.1 Å². The van der Waals surface area contributed by atoms with Gasteiger partial charge in [-0.25, -0.2) is 4.79 Å². The first-order chi connectivity index (χ1) is 19.4. The van der Waals surface area contributed by atoms with Gasteiger partial charge in [-0.05, 0) is 36.8 Å². The Hall–Kier alpha value is -3.80. The number of carbonyl (C=O) groups is 2. The predicted octanol–water partition coefficient (Wildman–Crippen LogP) is 6.51. The van der Waals surface area contributed by atoms with E-state index >= 15 is 0 Å². The number of rotatable bonds is 12. The lowest BCUT2D eigenvalue weighted by Gasteiger charge is -2.16. The second kappa shape index (κ2) is 13.5. The van der Waals surface area contributed by atoms with Crippen LogP contribution < -0.4 is 14.8 Å². The number of hydrogen-bond acceptors (Lipinski definition) is 9. The zero-order valence-corrected chi connectivity index (χ0v) is 24.4. The summed E-state index contributed by atoms with van der Waals surface area (Å²) in [5.74, 6) is 0.973. The Morgan fingerprint density at radius 3 is 2.60 bits per heavy atom. The van der Waals surface area contributed by atoms with Gasteiger partial charge in [0.1, 0.15) is 22.1 Å². The van der Waals surface area contributed by atoms with E-state index in [-0.39, 0.29) is 11.7 Å². The molecule has 2 heterocycles. The molecule has 12 heteroatoms. The molecule has 1 N–H and O–H groups in total. The van der Waals surface area contributed by atoms with Crippen molar-refractivity contribution in [3.63, 3.8) is 0 Å². The number of ether oxygens (including phenoxy) is 3. The number of carbonyl (C=O) groups excluding carboxylic acids is 2. The minimum Gasteiger partial charge on any atom is -0.497 e. The molecule has 4 aromatic rings. The van der Waals surface area contributed by atoms with Crippen molar-refractivity contribution in [3.05, 3.63) is 83.0 Å². The van der Waals surface area contributed by atoms with Crippen molar-refractivity contribution in [2.24, 2.45) is 0 Å². The molecule has 0 aliphatic carbocycles. The number of hydrogen-bond donors (Lipinski definition) is 1. The van der Waals surface area contributed by atoms with Crippen molar-refractivity contribution < 1.29 is 23.8 Å². The van der Waals surface area contributed by atoms with Gasteiger partial charge in [0.25, 0.3) is 0 Å². The Bertz CT molecular complexity index is 1500. The van der Waals surface area contributed by atoms with Crippen LogP contribution in [0.25, 0.3) is 11.1 Å². The van der Waals surface area contributed by atoms with E-state index in [4.69, 9.17) is 25.8 Å². The molecule has 0 radical (unpaired) electrons. The van der Waals surface area contributed by atoms with Crippen LogP contribution in [0, 0.1) is 0 Å². The fraction of sp³-hybridized carbons (Fsp3) is 0.214. The molecule has 2 aromatic heterocycles. The summed E-state index contributed by atoms with van der Waals surface area (Å²) in [4.78, 5) is 25.6. The number of nitrogens with one attached hydrogen (secondary N) is 1. The zero-order valence-electron chi connectivity index (χ0n) is 22.0. The molecular formula is C28H27ClN4O5S2. The van der Waals surface area contributed by atoms with Gasteiger partial charge < -0.3 is 19.5 Å². The van der Waals surface area contributed by atoms with Crippen molar-refractivity contribution in [1.29, 1.82) is 0 Å². The monoisotopic (exact) mass is 598 g/mol. The van der Waals surface area contributed by atoms with Crippen LogP contribution in [0.5, 0.6) is 11.5 Å².